The fraction of sp³-hybridized carbons (Fsp3) is 0.207. The van der Waals surface area contributed by atoms with Gasteiger partial charge in [0.05, 0.1) is 31.9 Å². The Labute approximate surface area is 205 Å². The Morgan fingerprint density at radius 1 is 1.00 bits per heavy atom. The van der Waals surface area contributed by atoms with E-state index in [1.165, 1.54) is 45.0 Å². The number of fused-ring (bicyclic) bond motifs is 1. The van der Waals surface area contributed by atoms with E-state index in [1.807, 2.05) is 11.8 Å². The van der Waals surface area contributed by atoms with Gasteiger partial charge in [0.2, 0.25) is 0 Å². The van der Waals surface area contributed by atoms with Crippen LogP contribution >= 0.6 is 11.8 Å². The molecule has 0 spiro atoms. The van der Waals surface area contributed by atoms with Gasteiger partial charge in [0.1, 0.15) is 17.0 Å². The van der Waals surface area contributed by atoms with Crippen LogP contribution in [0.1, 0.15) is 17.5 Å². The van der Waals surface area contributed by atoms with Gasteiger partial charge in [-0.1, -0.05) is 42.1 Å². The fourth-order valence-electron chi connectivity index (χ4n) is 5.10. The number of aryl methyl sites for hydroxylation is 1. The van der Waals surface area contributed by atoms with Crippen LogP contribution in [-0.2, 0) is 6.42 Å². The maximum Gasteiger partial charge on any atom is 0.282 e. The second-order valence-corrected chi connectivity index (χ2v) is 10.1. The zero-order valence-electron chi connectivity index (χ0n) is 19.8. The van der Waals surface area contributed by atoms with Crippen molar-refractivity contribution in [2.75, 3.05) is 37.5 Å². The van der Waals surface area contributed by atoms with Gasteiger partial charge in [-0.15, -0.1) is 0 Å². The molecule has 0 N–H and O–H groups in total. The predicted octanol–water partition coefficient (Wildman–Crippen LogP) is 6.05. The third kappa shape index (κ3) is 3.43. The molecule has 0 atom stereocenters. The molecule has 4 nitrogen and oxygen atoms in total. The number of aromatic nitrogens is 1. The second kappa shape index (κ2) is 8.41. The molecule has 3 aromatic carbocycles. The quantitative estimate of drug-likeness (QED) is 0.341. The van der Waals surface area contributed by atoms with Crippen molar-refractivity contribution in [3.8, 4) is 11.4 Å². The summed E-state index contributed by atoms with van der Waals surface area (Å²) >= 11 is 1.89. The van der Waals surface area contributed by atoms with Gasteiger partial charge in [0, 0.05) is 29.0 Å². The van der Waals surface area contributed by atoms with Crippen molar-refractivity contribution in [3.63, 3.8) is 0 Å². The van der Waals surface area contributed by atoms with Crippen LogP contribution in [-0.4, -0.2) is 27.7 Å². The van der Waals surface area contributed by atoms with Crippen LogP contribution in [0.25, 0.3) is 22.7 Å². The summed E-state index contributed by atoms with van der Waals surface area (Å²) in [7, 11) is 5.94. The molecule has 0 fully saturated rings. The molecule has 0 aliphatic carbocycles. The molecule has 4 aromatic rings. The van der Waals surface area contributed by atoms with Crippen LogP contribution in [0.2, 0.25) is 0 Å². The van der Waals surface area contributed by atoms with Gasteiger partial charge < -0.3 is 9.64 Å². The largest absolute Gasteiger partial charge is 0.497 e. The number of rotatable bonds is 4. The molecular weight excluding hydrogens is 438 g/mol. The SMILES string of the molecule is COc1ccc2c(C=C3Sc4cccc5c4N3CCC5)cc(N(C)C)[n+](-c3ccccc3)c2c1. The molecular formula is C29H28N3OS+. The van der Waals surface area contributed by atoms with E-state index >= 15 is 0 Å². The van der Waals surface area contributed by atoms with Crippen LogP contribution < -0.4 is 19.1 Å². The fourth-order valence-corrected chi connectivity index (χ4v) is 6.28. The molecule has 2 aliphatic rings. The highest BCUT2D eigenvalue weighted by Crippen LogP contribution is 2.50. The second-order valence-electron chi connectivity index (χ2n) is 9.01. The lowest BCUT2D eigenvalue weighted by molar-refractivity contribution is -0.553. The summed E-state index contributed by atoms with van der Waals surface area (Å²) < 4.78 is 7.94. The summed E-state index contributed by atoms with van der Waals surface area (Å²) in [4.78, 5) is 6.07. The highest BCUT2D eigenvalue weighted by atomic mass is 32.2. The molecule has 2 aliphatic heterocycles. The Bertz CT molecular complexity index is 1430. The Morgan fingerprint density at radius 3 is 2.65 bits per heavy atom. The van der Waals surface area contributed by atoms with E-state index in [2.05, 4.69) is 107 Å². The number of ether oxygens (including phenoxy) is 1. The molecule has 0 saturated heterocycles. The molecule has 1 aromatic heterocycles. The lowest BCUT2D eigenvalue weighted by atomic mass is 10.0. The summed E-state index contributed by atoms with van der Waals surface area (Å²) in [6.45, 7) is 1.08. The number of benzene rings is 3. The number of pyridine rings is 1. The Hall–Kier alpha value is -3.44. The van der Waals surface area contributed by atoms with Crippen molar-refractivity contribution >= 4 is 40.2 Å². The Kier molecular flexibility index (Phi) is 5.22. The van der Waals surface area contributed by atoms with Crippen molar-refractivity contribution in [3.05, 3.63) is 89.0 Å². The van der Waals surface area contributed by atoms with Gasteiger partial charge in [-0.05, 0) is 60.4 Å². The summed E-state index contributed by atoms with van der Waals surface area (Å²) in [6, 6.07) is 26.0. The third-order valence-electron chi connectivity index (χ3n) is 6.68. The lowest BCUT2D eigenvalue weighted by Crippen LogP contribution is -2.38. The monoisotopic (exact) mass is 466 g/mol. The van der Waals surface area contributed by atoms with E-state index in [4.69, 9.17) is 4.74 Å². The first-order valence-corrected chi connectivity index (χ1v) is 12.5. The number of anilines is 2. The first kappa shape index (κ1) is 21.1. The van der Waals surface area contributed by atoms with Crippen LogP contribution in [0.15, 0.2) is 82.7 Å². The molecule has 0 unspecified atom stereocenters. The molecule has 0 radical (unpaired) electrons. The highest BCUT2D eigenvalue weighted by molar-refractivity contribution is 8.03. The van der Waals surface area contributed by atoms with Gasteiger partial charge in [0.25, 0.3) is 5.82 Å². The number of hydrogen-bond acceptors (Lipinski definition) is 4. The van der Waals surface area contributed by atoms with Gasteiger partial charge in [-0.3, -0.25) is 4.90 Å². The molecule has 0 saturated carbocycles. The minimum atomic E-state index is 0.856. The van der Waals surface area contributed by atoms with Crippen molar-refractivity contribution in [2.45, 2.75) is 17.7 Å². The van der Waals surface area contributed by atoms with Crippen molar-refractivity contribution in [1.82, 2.24) is 0 Å². The Balaban J connectivity index is 1.59. The number of methoxy groups -OCH3 is 1. The molecule has 5 heteroatoms. The zero-order chi connectivity index (χ0) is 23.2. The number of nitrogens with zero attached hydrogens (tertiary/aromatic N) is 3. The van der Waals surface area contributed by atoms with E-state index in [9.17, 15) is 0 Å². The average molecular weight is 467 g/mol. The first-order valence-electron chi connectivity index (χ1n) is 11.7. The van der Waals surface area contributed by atoms with E-state index in [1.54, 1.807) is 7.11 Å². The van der Waals surface area contributed by atoms with Crippen molar-refractivity contribution < 1.29 is 9.30 Å². The minimum absolute atomic E-state index is 0.856. The maximum atomic E-state index is 5.63. The van der Waals surface area contributed by atoms with E-state index in [0.717, 1.165) is 29.3 Å². The highest BCUT2D eigenvalue weighted by Gasteiger charge is 2.30. The Morgan fingerprint density at radius 2 is 1.85 bits per heavy atom. The standard InChI is InChI=1S/C29H28N3OS/c1-30(2)27-17-21(18-28-31-16-8-10-20-9-7-13-26(34-28)29(20)31)24-15-14-23(33-3)19-25(24)32(27)22-11-5-4-6-12-22/h4-7,9,11-15,17-19H,8,10,16H2,1-3H3/q+1. The molecule has 0 amide bonds. The molecule has 0 bridgehead atoms. The first-order chi connectivity index (χ1) is 16.6. The van der Waals surface area contributed by atoms with E-state index in [0.29, 0.717) is 0 Å². The minimum Gasteiger partial charge on any atom is -0.497 e. The smallest absolute Gasteiger partial charge is 0.282 e. The van der Waals surface area contributed by atoms with Crippen LogP contribution in [0.5, 0.6) is 5.75 Å². The van der Waals surface area contributed by atoms with Crippen LogP contribution in [0, 0.1) is 0 Å². The summed E-state index contributed by atoms with van der Waals surface area (Å²) in [5.41, 5.74) is 6.36. The van der Waals surface area contributed by atoms with Crippen LogP contribution in [0.3, 0.4) is 0 Å². The summed E-state index contributed by atoms with van der Waals surface area (Å²) in [5, 5.41) is 2.51. The normalized spacial score (nSPS) is 15.6. The maximum absolute atomic E-state index is 5.63. The van der Waals surface area contributed by atoms with Crippen LogP contribution in [0.4, 0.5) is 11.5 Å². The van der Waals surface area contributed by atoms with Gasteiger partial charge in [-0.2, -0.15) is 4.57 Å². The van der Waals surface area contributed by atoms with Gasteiger partial charge in [-0.25, -0.2) is 0 Å². The zero-order valence-corrected chi connectivity index (χ0v) is 20.6. The van der Waals surface area contributed by atoms with Crippen molar-refractivity contribution in [1.29, 1.82) is 0 Å². The summed E-state index contributed by atoms with van der Waals surface area (Å²) in [5.74, 6) is 1.98. The molecule has 34 heavy (non-hydrogen) atoms. The van der Waals surface area contributed by atoms with Gasteiger partial charge in [0.15, 0.2) is 0 Å². The van der Waals surface area contributed by atoms with Crippen molar-refractivity contribution in [2.24, 2.45) is 0 Å². The molecule has 170 valence electrons. The number of para-hydroxylation sites is 2. The molecule has 6 rings (SSSR count). The summed E-state index contributed by atoms with van der Waals surface area (Å²) in [6.07, 6.45) is 4.73. The lowest BCUT2D eigenvalue weighted by Gasteiger charge is -2.27. The van der Waals surface area contributed by atoms with E-state index < -0.39 is 0 Å². The van der Waals surface area contributed by atoms with E-state index in [-0.39, 0.29) is 0 Å². The molecule has 3 heterocycles. The number of hydrogen-bond donors (Lipinski definition) is 0. The van der Waals surface area contributed by atoms with Gasteiger partial charge >= 0.3 is 0 Å². The third-order valence-corrected chi connectivity index (χ3v) is 7.78. The average Bonchev–Trinajstić information content (AvgIpc) is 3.23. The predicted molar refractivity (Wildman–Crippen MR) is 142 cm³/mol. The topological polar surface area (TPSA) is 19.6 Å². The number of thioether (sulfide) groups is 1.